The third-order valence-corrected chi connectivity index (χ3v) is 6.77. The van der Waals surface area contributed by atoms with Crippen molar-refractivity contribution in [3.8, 4) is 5.75 Å². The van der Waals surface area contributed by atoms with Crippen molar-refractivity contribution < 1.29 is 14.6 Å². The first-order valence-corrected chi connectivity index (χ1v) is 13.0. The van der Waals surface area contributed by atoms with Crippen molar-refractivity contribution >= 4 is 44.7 Å². The lowest BCUT2D eigenvalue weighted by Gasteiger charge is -2.17. The van der Waals surface area contributed by atoms with E-state index in [1.54, 1.807) is 30.5 Å². The average molecular weight is 577 g/mol. The van der Waals surface area contributed by atoms with Crippen LogP contribution < -0.4 is 15.2 Å². The Labute approximate surface area is 229 Å². The Morgan fingerprint density at radius 3 is 2.68 bits per heavy atom. The van der Waals surface area contributed by atoms with Crippen LogP contribution in [0.1, 0.15) is 53.5 Å². The van der Waals surface area contributed by atoms with Crippen molar-refractivity contribution in [1.82, 2.24) is 9.66 Å². The molecule has 0 radical (unpaired) electrons. The average Bonchev–Trinajstić information content (AvgIpc) is 2.91. The molecule has 1 atom stereocenters. The molecular weight excluding hydrogens is 548 g/mol. The van der Waals surface area contributed by atoms with Gasteiger partial charge < -0.3 is 14.7 Å². The lowest BCUT2D eigenvalue weighted by atomic mass is 10.1. The molecule has 0 aliphatic carbocycles. The number of halogens is 1. The SMILES string of the molecule is CC[C@H](C)c1nc2ccc(Br)cc2c(=O)n1N=Cc1ccc(N(C)C)cc1OCc1cccc(C(=O)O)c1. The molecule has 0 amide bonds. The molecule has 0 spiro atoms. The Bertz CT molecular complexity index is 1580. The lowest BCUT2D eigenvalue weighted by Crippen LogP contribution is -2.23. The summed E-state index contributed by atoms with van der Waals surface area (Å²) in [5.74, 6) is 0.158. The minimum atomic E-state index is -0.993. The van der Waals surface area contributed by atoms with Crippen LogP contribution in [0.4, 0.5) is 5.69 Å². The molecule has 0 saturated heterocycles. The fourth-order valence-electron chi connectivity index (χ4n) is 3.89. The van der Waals surface area contributed by atoms with E-state index in [1.807, 2.05) is 69.2 Å². The number of anilines is 1. The van der Waals surface area contributed by atoms with Gasteiger partial charge in [-0.3, -0.25) is 4.79 Å². The molecule has 3 aromatic carbocycles. The van der Waals surface area contributed by atoms with Crippen molar-refractivity contribution in [2.24, 2.45) is 5.10 Å². The second-order valence-electron chi connectivity index (χ2n) is 9.21. The number of hydrogen-bond donors (Lipinski definition) is 1. The van der Waals surface area contributed by atoms with Gasteiger partial charge in [-0.2, -0.15) is 9.78 Å². The molecule has 1 heterocycles. The quantitative estimate of drug-likeness (QED) is 0.249. The summed E-state index contributed by atoms with van der Waals surface area (Å²) in [6.45, 7) is 4.23. The van der Waals surface area contributed by atoms with Crippen LogP contribution in [0.5, 0.6) is 5.75 Å². The Kier molecular flexibility index (Phi) is 8.26. The van der Waals surface area contributed by atoms with Gasteiger partial charge in [-0.25, -0.2) is 9.78 Å². The van der Waals surface area contributed by atoms with E-state index in [0.29, 0.717) is 28.0 Å². The Balaban J connectivity index is 1.75. The number of benzene rings is 3. The second kappa shape index (κ2) is 11.6. The van der Waals surface area contributed by atoms with Crippen LogP contribution in [0.25, 0.3) is 10.9 Å². The smallest absolute Gasteiger partial charge is 0.335 e. The number of aromatic nitrogens is 2. The molecule has 0 unspecified atom stereocenters. The van der Waals surface area contributed by atoms with E-state index in [4.69, 9.17) is 9.72 Å². The van der Waals surface area contributed by atoms with Crippen LogP contribution in [-0.4, -0.2) is 41.0 Å². The Hall–Kier alpha value is -3.98. The van der Waals surface area contributed by atoms with Gasteiger partial charge in [-0.1, -0.05) is 41.9 Å². The maximum Gasteiger partial charge on any atom is 0.335 e. The first kappa shape index (κ1) is 27.1. The first-order valence-electron chi connectivity index (χ1n) is 12.2. The van der Waals surface area contributed by atoms with E-state index in [9.17, 15) is 14.7 Å². The van der Waals surface area contributed by atoms with Crippen LogP contribution in [0.2, 0.25) is 0 Å². The highest BCUT2D eigenvalue weighted by Crippen LogP contribution is 2.26. The highest BCUT2D eigenvalue weighted by atomic mass is 79.9. The molecule has 9 heteroatoms. The van der Waals surface area contributed by atoms with Crippen molar-refractivity contribution in [3.63, 3.8) is 0 Å². The van der Waals surface area contributed by atoms with E-state index < -0.39 is 5.97 Å². The Morgan fingerprint density at radius 2 is 1.97 bits per heavy atom. The van der Waals surface area contributed by atoms with Gasteiger partial charge >= 0.3 is 5.97 Å². The monoisotopic (exact) mass is 576 g/mol. The molecule has 196 valence electrons. The topological polar surface area (TPSA) is 97.0 Å². The lowest BCUT2D eigenvalue weighted by molar-refractivity contribution is 0.0696. The molecule has 4 aromatic rings. The summed E-state index contributed by atoms with van der Waals surface area (Å²) in [6, 6.07) is 17.8. The van der Waals surface area contributed by atoms with Gasteiger partial charge in [0.15, 0.2) is 0 Å². The predicted molar refractivity (Wildman–Crippen MR) is 154 cm³/mol. The number of carboxylic acid groups (broad SMARTS) is 1. The van der Waals surface area contributed by atoms with Crippen molar-refractivity contribution in [2.75, 3.05) is 19.0 Å². The second-order valence-corrected chi connectivity index (χ2v) is 10.1. The fraction of sp³-hybridized carbons (Fsp3) is 0.241. The molecule has 8 nitrogen and oxygen atoms in total. The zero-order valence-corrected chi connectivity index (χ0v) is 23.3. The standard InChI is InChI=1S/C29H29BrN4O4/c1-5-18(2)27-32-25-12-10-22(30)14-24(25)28(35)34(27)31-16-21-9-11-23(33(3)4)15-26(21)38-17-19-7-6-8-20(13-19)29(36)37/h6-16,18H,5,17H2,1-4H3,(H,36,37)/t18-/m0/s1. The zero-order valence-electron chi connectivity index (χ0n) is 21.7. The normalized spacial score (nSPS) is 12.1. The van der Waals surface area contributed by atoms with Crippen LogP contribution in [0.3, 0.4) is 0 Å². The highest BCUT2D eigenvalue weighted by molar-refractivity contribution is 9.10. The number of ether oxygens (including phenoxy) is 1. The van der Waals surface area contributed by atoms with Crippen molar-refractivity contribution in [3.05, 3.63) is 98.0 Å². The van der Waals surface area contributed by atoms with Gasteiger partial charge in [0, 0.05) is 41.8 Å². The van der Waals surface area contributed by atoms with Crippen LogP contribution in [0, 0.1) is 0 Å². The largest absolute Gasteiger partial charge is 0.488 e. The number of carboxylic acids is 1. The fourth-order valence-corrected chi connectivity index (χ4v) is 4.25. The predicted octanol–water partition coefficient (Wildman–Crippen LogP) is 5.90. The summed E-state index contributed by atoms with van der Waals surface area (Å²) in [6.07, 6.45) is 2.40. The first-order chi connectivity index (χ1) is 18.2. The van der Waals surface area contributed by atoms with E-state index in [1.165, 1.54) is 4.68 Å². The van der Waals surface area contributed by atoms with Gasteiger partial charge in [0.25, 0.3) is 5.56 Å². The number of carbonyl (C=O) groups is 1. The zero-order chi connectivity index (χ0) is 27.4. The molecular formula is C29H29BrN4O4. The third-order valence-electron chi connectivity index (χ3n) is 6.28. The van der Waals surface area contributed by atoms with E-state index in [0.717, 1.165) is 22.1 Å². The molecule has 0 aliphatic rings. The van der Waals surface area contributed by atoms with Gasteiger partial charge in [-0.15, -0.1) is 0 Å². The van der Waals surface area contributed by atoms with Crippen molar-refractivity contribution in [1.29, 1.82) is 0 Å². The van der Waals surface area contributed by atoms with Gasteiger partial charge in [0.1, 0.15) is 18.2 Å². The number of hydrogen-bond acceptors (Lipinski definition) is 6. The van der Waals surface area contributed by atoms with E-state index in [-0.39, 0.29) is 23.6 Å². The molecule has 0 bridgehead atoms. The van der Waals surface area contributed by atoms with Crippen LogP contribution in [0.15, 0.2) is 75.0 Å². The number of rotatable bonds is 9. The Morgan fingerprint density at radius 1 is 1.18 bits per heavy atom. The molecule has 0 aliphatic heterocycles. The maximum absolute atomic E-state index is 13.5. The minimum absolute atomic E-state index is 0.0150. The molecule has 1 N–H and O–H groups in total. The van der Waals surface area contributed by atoms with E-state index >= 15 is 0 Å². The minimum Gasteiger partial charge on any atom is -0.488 e. The van der Waals surface area contributed by atoms with Gasteiger partial charge in [0.05, 0.1) is 22.7 Å². The molecule has 4 rings (SSSR count). The number of fused-ring (bicyclic) bond motifs is 1. The summed E-state index contributed by atoms with van der Waals surface area (Å²) in [7, 11) is 3.86. The summed E-state index contributed by atoms with van der Waals surface area (Å²) in [5.41, 5.74) is 2.89. The maximum atomic E-state index is 13.5. The summed E-state index contributed by atoms with van der Waals surface area (Å²) in [4.78, 5) is 31.5. The number of nitrogens with zero attached hydrogens (tertiary/aromatic N) is 4. The van der Waals surface area contributed by atoms with Crippen molar-refractivity contribution in [2.45, 2.75) is 32.8 Å². The van der Waals surface area contributed by atoms with Crippen LogP contribution >= 0.6 is 15.9 Å². The van der Waals surface area contributed by atoms with Gasteiger partial charge in [-0.05, 0) is 54.4 Å². The summed E-state index contributed by atoms with van der Waals surface area (Å²) < 4.78 is 8.29. The van der Waals surface area contributed by atoms with Gasteiger partial charge in [0.2, 0.25) is 0 Å². The molecule has 0 saturated carbocycles. The molecule has 0 fully saturated rings. The number of aromatic carboxylic acids is 1. The van der Waals surface area contributed by atoms with Crippen LogP contribution in [-0.2, 0) is 6.61 Å². The summed E-state index contributed by atoms with van der Waals surface area (Å²) in [5, 5.41) is 14.4. The summed E-state index contributed by atoms with van der Waals surface area (Å²) >= 11 is 3.44. The third kappa shape index (κ3) is 5.94. The van der Waals surface area contributed by atoms with E-state index in [2.05, 4.69) is 21.0 Å². The highest BCUT2D eigenvalue weighted by Gasteiger charge is 2.16. The molecule has 38 heavy (non-hydrogen) atoms. The molecule has 1 aromatic heterocycles.